The first-order valence-corrected chi connectivity index (χ1v) is 5.17. The third-order valence-corrected chi connectivity index (χ3v) is 2.42. The van der Waals surface area contributed by atoms with Crippen molar-refractivity contribution in [3.05, 3.63) is 0 Å². The van der Waals surface area contributed by atoms with Gasteiger partial charge in [-0.1, -0.05) is 0 Å². The number of nitrogens with two attached hydrogens (primary N) is 1. The first-order valence-electron chi connectivity index (χ1n) is 5.17. The van der Waals surface area contributed by atoms with E-state index in [0.717, 1.165) is 6.42 Å². The molecule has 0 radical (unpaired) electrons. The Morgan fingerprint density at radius 3 is 2.33 bits per heavy atom. The number of hydrogen-bond acceptors (Lipinski definition) is 3. The van der Waals surface area contributed by atoms with Crippen LogP contribution in [0.25, 0.3) is 0 Å². The fourth-order valence-electron chi connectivity index (χ4n) is 1.20. The summed E-state index contributed by atoms with van der Waals surface area (Å²) in [6.07, 6.45) is -1.59. The maximum atomic E-state index is 12.2. The second-order valence-electron chi connectivity index (χ2n) is 4.19. The van der Waals surface area contributed by atoms with Crippen LogP contribution in [0.4, 0.5) is 8.78 Å². The zero-order chi connectivity index (χ0) is 11.9. The zero-order valence-electron chi connectivity index (χ0n) is 9.80. The monoisotopic (exact) mass is 224 g/mol. The number of alkyl halides is 2. The van der Waals surface area contributed by atoms with Gasteiger partial charge in [0.15, 0.2) is 0 Å². The van der Waals surface area contributed by atoms with Crippen LogP contribution in [0.15, 0.2) is 0 Å². The molecular weight excluding hydrogens is 202 g/mol. The van der Waals surface area contributed by atoms with Crippen molar-refractivity contribution in [3.63, 3.8) is 0 Å². The standard InChI is InChI=1S/C10H22F2N2O/c1-10(2,15-3)4-6-14(7-5-13)8-9(11)12/h9H,4-8,13H2,1-3H3. The molecule has 0 aromatic heterocycles. The second kappa shape index (κ2) is 7.09. The van der Waals surface area contributed by atoms with E-state index in [4.69, 9.17) is 10.5 Å². The van der Waals surface area contributed by atoms with Crippen LogP contribution in [-0.4, -0.2) is 50.2 Å². The molecule has 0 saturated heterocycles. The van der Waals surface area contributed by atoms with Crippen LogP contribution in [0.3, 0.4) is 0 Å². The zero-order valence-corrected chi connectivity index (χ0v) is 9.80. The minimum Gasteiger partial charge on any atom is -0.379 e. The molecule has 0 atom stereocenters. The van der Waals surface area contributed by atoms with Crippen molar-refractivity contribution in [1.82, 2.24) is 4.90 Å². The number of methoxy groups -OCH3 is 1. The Labute approximate surface area is 90.6 Å². The van der Waals surface area contributed by atoms with E-state index in [-0.39, 0.29) is 12.1 Å². The summed E-state index contributed by atoms with van der Waals surface area (Å²) in [6, 6.07) is 0. The van der Waals surface area contributed by atoms with E-state index in [9.17, 15) is 8.78 Å². The Bertz CT molecular complexity index is 166. The van der Waals surface area contributed by atoms with Crippen molar-refractivity contribution >= 4 is 0 Å². The van der Waals surface area contributed by atoms with Crippen LogP contribution in [0.2, 0.25) is 0 Å². The predicted octanol–water partition coefficient (Wildman–Crippen LogP) is 1.33. The van der Waals surface area contributed by atoms with Crippen LogP contribution in [0.5, 0.6) is 0 Å². The van der Waals surface area contributed by atoms with E-state index in [1.807, 2.05) is 13.8 Å². The van der Waals surface area contributed by atoms with Crippen LogP contribution >= 0.6 is 0 Å². The highest BCUT2D eigenvalue weighted by atomic mass is 19.3. The smallest absolute Gasteiger partial charge is 0.251 e. The number of nitrogens with zero attached hydrogens (tertiary/aromatic N) is 1. The molecule has 0 bridgehead atoms. The van der Waals surface area contributed by atoms with E-state index in [1.54, 1.807) is 12.0 Å². The number of rotatable bonds is 8. The summed E-state index contributed by atoms with van der Waals surface area (Å²) >= 11 is 0. The average Bonchev–Trinajstić information content (AvgIpc) is 2.14. The molecule has 0 unspecified atom stereocenters. The number of hydrogen-bond donors (Lipinski definition) is 1. The van der Waals surface area contributed by atoms with Gasteiger partial charge in [0.1, 0.15) is 0 Å². The maximum Gasteiger partial charge on any atom is 0.251 e. The quantitative estimate of drug-likeness (QED) is 0.676. The summed E-state index contributed by atoms with van der Waals surface area (Å²) in [5, 5.41) is 0. The van der Waals surface area contributed by atoms with E-state index in [2.05, 4.69) is 0 Å². The van der Waals surface area contributed by atoms with Crippen molar-refractivity contribution in [2.75, 3.05) is 33.3 Å². The first kappa shape index (κ1) is 14.7. The van der Waals surface area contributed by atoms with Gasteiger partial charge in [-0.15, -0.1) is 0 Å². The lowest BCUT2D eigenvalue weighted by molar-refractivity contribution is 0.00198. The lowest BCUT2D eigenvalue weighted by atomic mass is 10.1. The SMILES string of the molecule is COC(C)(C)CCN(CCN)CC(F)F. The molecule has 0 aliphatic rings. The lowest BCUT2D eigenvalue weighted by Gasteiger charge is -2.28. The van der Waals surface area contributed by atoms with Crippen molar-refractivity contribution in [2.24, 2.45) is 5.73 Å². The minimum absolute atomic E-state index is 0.211. The van der Waals surface area contributed by atoms with Crippen LogP contribution in [-0.2, 0) is 4.74 Å². The Balaban J connectivity index is 3.94. The van der Waals surface area contributed by atoms with Crippen LogP contribution < -0.4 is 5.73 Å². The van der Waals surface area contributed by atoms with Gasteiger partial charge in [-0.25, -0.2) is 8.78 Å². The molecule has 92 valence electrons. The summed E-state index contributed by atoms with van der Waals surface area (Å²) in [4.78, 5) is 1.67. The number of ether oxygens (including phenoxy) is 1. The van der Waals surface area contributed by atoms with Crippen LogP contribution in [0, 0.1) is 0 Å². The Hall–Kier alpha value is -0.260. The van der Waals surface area contributed by atoms with E-state index < -0.39 is 6.43 Å². The highest BCUT2D eigenvalue weighted by Gasteiger charge is 2.19. The van der Waals surface area contributed by atoms with Gasteiger partial charge in [0, 0.05) is 26.7 Å². The molecule has 0 saturated carbocycles. The highest BCUT2D eigenvalue weighted by molar-refractivity contribution is 4.71. The molecular formula is C10H22F2N2O. The van der Waals surface area contributed by atoms with Crippen molar-refractivity contribution in [2.45, 2.75) is 32.3 Å². The lowest BCUT2D eigenvalue weighted by Crippen LogP contribution is -2.37. The first-order chi connectivity index (χ1) is 6.91. The van der Waals surface area contributed by atoms with Gasteiger partial charge in [-0.05, 0) is 20.3 Å². The molecule has 0 fully saturated rings. The van der Waals surface area contributed by atoms with Gasteiger partial charge < -0.3 is 10.5 Å². The highest BCUT2D eigenvalue weighted by Crippen LogP contribution is 2.13. The molecule has 15 heavy (non-hydrogen) atoms. The molecule has 0 heterocycles. The van der Waals surface area contributed by atoms with Crippen molar-refractivity contribution in [3.8, 4) is 0 Å². The summed E-state index contributed by atoms with van der Waals surface area (Å²) < 4.78 is 29.6. The third-order valence-electron chi connectivity index (χ3n) is 2.42. The average molecular weight is 224 g/mol. The molecule has 0 aliphatic carbocycles. The molecule has 0 amide bonds. The van der Waals surface area contributed by atoms with Crippen LogP contribution in [0.1, 0.15) is 20.3 Å². The molecule has 0 aromatic rings. The summed E-state index contributed by atoms with van der Waals surface area (Å²) in [5.41, 5.74) is 5.09. The van der Waals surface area contributed by atoms with E-state index in [0.29, 0.717) is 19.6 Å². The fraction of sp³-hybridized carbons (Fsp3) is 1.00. The van der Waals surface area contributed by atoms with E-state index in [1.165, 1.54) is 0 Å². The summed E-state index contributed by atoms with van der Waals surface area (Å²) in [7, 11) is 1.63. The molecule has 5 heteroatoms. The summed E-state index contributed by atoms with van der Waals surface area (Å²) in [5.74, 6) is 0. The number of halogens is 2. The topological polar surface area (TPSA) is 38.5 Å². The molecule has 3 nitrogen and oxygen atoms in total. The van der Waals surface area contributed by atoms with Gasteiger partial charge in [0.25, 0.3) is 6.43 Å². The summed E-state index contributed by atoms with van der Waals surface area (Å²) in [6.45, 7) is 5.16. The Morgan fingerprint density at radius 2 is 1.93 bits per heavy atom. The van der Waals surface area contributed by atoms with Gasteiger partial charge in [0.05, 0.1) is 12.1 Å². The Morgan fingerprint density at radius 1 is 1.33 bits per heavy atom. The van der Waals surface area contributed by atoms with Gasteiger partial charge in [0.2, 0.25) is 0 Å². The molecule has 0 aliphatic heterocycles. The maximum absolute atomic E-state index is 12.2. The van der Waals surface area contributed by atoms with E-state index >= 15 is 0 Å². The van der Waals surface area contributed by atoms with Gasteiger partial charge in [-0.2, -0.15) is 0 Å². The predicted molar refractivity (Wildman–Crippen MR) is 57.2 cm³/mol. The largest absolute Gasteiger partial charge is 0.379 e. The Kier molecular flexibility index (Phi) is 6.96. The molecule has 0 rings (SSSR count). The molecule has 0 aromatic carbocycles. The fourth-order valence-corrected chi connectivity index (χ4v) is 1.20. The molecule has 0 spiro atoms. The second-order valence-corrected chi connectivity index (χ2v) is 4.19. The molecule has 2 N–H and O–H groups in total. The van der Waals surface area contributed by atoms with Gasteiger partial charge >= 0.3 is 0 Å². The van der Waals surface area contributed by atoms with Gasteiger partial charge in [-0.3, -0.25) is 4.90 Å². The minimum atomic E-state index is -2.30. The normalized spacial score (nSPS) is 12.8. The third kappa shape index (κ3) is 7.64. The van der Waals surface area contributed by atoms with Crippen molar-refractivity contribution in [1.29, 1.82) is 0 Å². The van der Waals surface area contributed by atoms with Crippen molar-refractivity contribution < 1.29 is 13.5 Å².